The minimum Gasteiger partial charge on any atom is -0.464 e. The number of halogens is 3. The summed E-state index contributed by atoms with van der Waals surface area (Å²) in [6.45, 7) is 2.30. The molecule has 0 atom stereocenters. The number of rotatable bonds is 4. The van der Waals surface area contributed by atoms with Crippen LogP contribution in [0.4, 0.5) is 14.5 Å². The third-order valence-corrected chi connectivity index (χ3v) is 3.14. The summed E-state index contributed by atoms with van der Waals surface area (Å²) in [6.07, 6.45) is 0.807. The fraction of sp³-hybridized carbons (Fsp3) is 0.231. The van der Waals surface area contributed by atoms with Crippen LogP contribution < -0.4 is 5.32 Å². The first-order chi connectivity index (χ1) is 8.60. The fourth-order valence-corrected chi connectivity index (χ4v) is 1.86. The van der Waals surface area contributed by atoms with Crippen LogP contribution in [-0.2, 0) is 13.0 Å². The second-order valence-corrected chi connectivity index (χ2v) is 4.68. The summed E-state index contributed by atoms with van der Waals surface area (Å²) in [4.78, 5) is 0. The van der Waals surface area contributed by atoms with E-state index < -0.39 is 11.6 Å². The van der Waals surface area contributed by atoms with E-state index in [0.717, 1.165) is 24.3 Å². The molecule has 0 bridgehead atoms. The smallest absolute Gasteiger partial charge is 0.147 e. The molecule has 0 fully saturated rings. The molecule has 0 aliphatic heterocycles. The standard InChI is InChI=1S/C13H12BrF2NO/c1-2-8-3-4-9(18-8)7-17-13-6-11(15)10(14)5-12(13)16/h3-6,17H,2,7H2,1H3. The molecule has 0 amide bonds. The van der Waals surface area contributed by atoms with Crippen LogP contribution in [0, 0.1) is 11.6 Å². The summed E-state index contributed by atoms with van der Waals surface area (Å²) >= 11 is 2.93. The number of aryl methyl sites for hydroxylation is 1. The van der Waals surface area contributed by atoms with Crippen molar-refractivity contribution < 1.29 is 13.2 Å². The molecule has 1 heterocycles. The molecule has 2 aromatic rings. The van der Waals surface area contributed by atoms with Gasteiger partial charge in [-0.15, -0.1) is 0 Å². The molecule has 0 unspecified atom stereocenters. The molecule has 18 heavy (non-hydrogen) atoms. The molecule has 0 saturated carbocycles. The molecule has 1 aromatic heterocycles. The Hall–Kier alpha value is -1.36. The van der Waals surface area contributed by atoms with E-state index in [4.69, 9.17) is 4.42 Å². The summed E-state index contributed by atoms with van der Waals surface area (Å²) in [5, 5.41) is 2.81. The van der Waals surface area contributed by atoms with E-state index in [1.54, 1.807) is 0 Å². The van der Waals surface area contributed by atoms with Crippen LogP contribution in [-0.4, -0.2) is 0 Å². The summed E-state index contributed by atoms with van der Waals surface area (Å²) in [7, 11) is 0. The van der Waals surface area contributed by atoms with E-state index in [0.29, 0.717) is 12.3 Å². The SMILES string of the molecule is CCc1ccc(CNc2cc(F)c(Br)cc2F)o1. The third-order valence-electron chi connectivity index (χ3n) is 2.53. The monoisotopic (exact) mass is 315 g/mol. The lowest BCUT2D eigenvalue weighted by molar-refractivity contribution is 0.475. The Morgan fingerprint density at radius 2 is 1.89 bits per heavy atom. The zero-order valence-corrected chi connectivity index (χ0v) is 11.4. The molecule has 0 spiro atoms. The van der Waals surface area contributed by atoms with Crippen LogP contribution in [0.15, 0.2) is 33.2 Å². The quantitative estimate of drug-likeness (QED) is 0.841. The van der Waals surface area contributed by atoms with E-state index in [1.165, 1.54) is 0 Å². The van der Waals surface area contributed by atoms with E-state index in [1.807, 2.05) is 19.1 Å². The Bertz CT molecular complexity index is 554. The molecule has 5 heteroatoms. The Kier molecular flexibility index (Phi) is 4.01. The van der Waals surface area contributed by atoms with Gasteiger partial charge in [-0.05, 0) is 34.1 Å². The van der Waals surface area contributed by atoms with Crippen LogP contribution in [0.5, 0.6) is 0 Å². The molecule has 96 valence electrons. The topological polar surface area (TPSA) is 25.2 Å². The second kappa shape index (κ2) is 5.52. The highest BCUT2D eigenvalue weighted by Crippen LogP contribution is 2.24. The van der Waals surface area contributed by atoms with Crippen molar-refractivity contribution in [1.29, 1.82) is 0 Å². The predicted octanol–water partition coefficient (Wildman–Crippen LogP) is 4.49. The van der Waals surface area contributed by atoms with Gasteiger partial charge < -0.3 is 9.73 Å². The van der Waals surface area contributed by atoms with Crippen molar-refractivity contribution in [2.75, 3.05) is 5.32 Å². The van der Waals surface area contributed by atoms with Gasteiger partial charge in [0.05, 0.1) is 16.7 Å². The molecule has 0 aliphatic carbocycles. The molecule has 2 rings (SSSR count). The molecular formula is C13H12BrF2NO. The molecule has 1 N–H and O–H groups in total. The van der Waals surface area contributed by atoms with E-state index in [9.17, 15) is 8.78 Å². The van der Waals surface area contributed by atoms with Crippen LogP contribution in [0.25, 0.3) is 0 Å². The Labute approximate surface area is 112 Å². The van der Waals surface area contributed by atoms with Gasteiger partial charge in [-0.3, -0.25) is 0 Å². The van der Waals surface area contributed by atoms with Crippen molar-refractivity contribution in [2.45, 2.75) is 19.9 Å². The normalized spacial score (nSPS) is 10.7. The summed E-state index contributed by atoms with van der Waals surface area (Å²) in [6, 6.07) is 5.90. The zero-order chi connectivity index (χ0) is 13.1. The van der Waals surface area contributed by atoms with Crippen molar-refractivity contribution in [2.24, 2.45) is 0 Å². The Morgan fingerprint density at radius 1 is 1.17 bits per heavy atom. The lowest BCUT2D eigenvalue weighted by Gasteiger charge is -2.07. The fourth-order valence-electron chi connectivity index (χ4n) is 1.55. The van der Waals surface area contributed by atoms with Crippen LogP contribution in [0.2, 0.25) is 0 Å². The average Bonchev–Trinajstić information content (AvgIpc) is 2.80. The first-order valence-electron chi connectivity index (χ1n) is 5.56. The van der Waals surface area contributed by atoms with E-state index in [-0.39, 0.29) is 10.2 Å². The lowest BCUT2D eigenvalue weighted by atomic mass is 10.3. The van der Waals surface area contributed by atoms with Gasteiger partial charge in [-0.2, -0.15) is 0 Å². The van der Waals surface area contributed by atoms with Gasteiger partial charge in [0, 0.05) is 12.5 Å². The Morgan fingerprint density at radius 3 is 2.56 bits per heavy atom. The van der Waals surface area contributed by atoms with Crippen LogP contribution in [0.1, 0.15) is 18.4 Å². The van der Waals surface area contributed by atoms with Crippen molar-refractivity contribution in [1.82, 2.24) is 0 Å². The number of anilines is 1. The van der Waals surface area contributed by atoms with Crippen molar-refractivity contribution in [3.63, 3.8) is 0 Å². The summed E-state index contributed by atoms with van der Waals surface area (Å²) in [5.41, 5.74) is 0.116. The largest absolute Gasteiger partial charge is 0.464 e. The minimum absolute atomic E-state index is 0.108. The number of furan rings is 1. The summed E-state index contributed by atoms with van der Waals surface area (Å²) < 4.78 is 32.4. The van der Waals surface area contributed by atoms with Gasteiger partial charge in [0.15, 0.2) is 0 Å². The summed E-state index contributed by atoms with van der Waals surface area (Å²) in [5.74, 6) is 0.543. The first-order valence-corrected chi connectivity index (χ1v) is 6.35. The van der Waals surface area contributed by atoms with Crippen LogP contribution in [0.3, 0.4) is 0 Å². The first kappa shape index (κ1) is 13.1. The molecule has 1 aromatic carbocycles. The van der Waals surface area contributed by atoms with Gasteiger partial charge in [-0.1, -0.05) is 6.92 Å². The average molecular weight is 316 g/mol. The third kappa shape index (κ3) is 2.90. The molecule has 2 nitrogen and oxygen atoms in total. The highest BCUT2D eigenvalue weighted by atomic mass is 79.9. The molecule has 0 radical (unpaired) electrons. The molecular weight excluding hydrogens is 304 g/mol. The van der Waals surface area contributed by atoms with Gasteiger partial charge in [0.25, 0.3) is 0 Å². The maximum Gasteiger partial charge on any atom is 0.147 e. The maximum absolute atomic E-state index is 13.5. The predicted molar refractivity (Wildman–Crippen MR) is 69.5 cm³/mol. The van der Waals surface area contributed by atoms with Crippen molar-refractivity contribution in [3.8, 4) is 0 Å². The van der Waals surface area contributed by atoms with Crippen molar-refractivity contribution in [3.05, 3.63) is 51.9 Å². The molecule has 0 saturated heterocycles. The maximum atomic E-state index is 13.5. The van der Waals surface area contributed by atoms with Gasteiger partial charge in [0.2, 0.25) is 0 Å². The number of hydrogen-bond acceptors (Lipinski definition) is 2. The highest BCUT2D eigenvalue weighted by Gasteiger charge is 2.08. The zero-order valence-electron chi connectivity index (χ0n) is 9.77. The van der Waals surface area contributed by atoms with Crippen LogP contribution >= 0.6 is 15.9 Å². The van der Waals surface area contributed by atoms with Gasteiger partial charge in [0.1, 0.15) is 23.2 Å². The lowest BCUT2D eigenvalue weighted by Crippen LogP contribution is -2.01. The van der Waals surface area contributed by atoms with E-state index >= 15 is 0 Å². The molecule has 0 aliphatic rings. The second-order valence-electron chi connectivity index (χ2n) is 3.82. The Balaban J connectivity index is 2.08. The highest BCUT2D eigenvalue weighted by molar-refractivity contribution is 9.10. The number of hydrogen-bond donors (Lipinski definition) is 1. The number of benzene rings is 1. The van der Waals surface area contributed by atoms with Gasteiger partial charge >= 0.3 is 0 Å². The van der Waals surface area contributed by atoms with E-state index in [2.05, 4.69) is 21.2 Å². The van der Waals surface area contributed by atoms with Crippen molar-refractivity contribution >= 4 is 21.6 Å². The minimum atomic E-state index is -0.509. The number of nitrogens with one attached hydrogen (secondary N) is 1. The van der Waals surface area contributed by atoms with Gasteiger partial charge in [-0.25, -0.2) is 8.78 Å².